The lowest BCUT2D eigenvalue weighted by atomic mass is 10.1. The summed E-state index contributed by atoms with van der Waals surface area (Å²) >= 11 is 0. The molecule has 0 saturated carbocycles. The summed E-state index contributed by atoms with van der Waals surface area (Å²) < 4.78 is 34.8. The van der Waals surface area contributed by atoms with E-state index in [2.05, 4.69) is 15.3 Å². The Morgan fingerprint density at radius 2 is 1.82 bits per heavy atom. The standard InChI is InChI=1S/C24H20FN3O6/c1-31-6-7-33-23-11-17-16(9-22(23)32-2)24(27-13-26-17)28-18-10-20(30)21(12-19(18)29)34-15-5-3-4-14(25)8-15/h3-5,8-13H,6-7H2,1-2H3,(H,26,27,28). The van der Waals surface area contributed by atoms with Crippen LogP contribution in [0.4, 0.5) is 10.2 Å². The Balaban J connectivity index is 1.57. The van der Waals surface area contributed by atoms with Crippen molar-refractivity contribution in [3.8, 4) is 17.2 Å². The van der Waals surface area contributed by atoms with E-state index in [9.17, 15) is 14.0 Å². The third-order valence-electron chi connectivity index (χ3n) is 4.79. The van der Waals surface area contributed by atoms with Gasteiger partial charge in [0.05, 0.1) is 24.9 Å². The van der Waals surface area contributed by atoms with Crippen LogP contribution in [0.1, 0.15) is 0 Å². The van der Waals surface area contributed by atoms with Gasteiger partial charge in [-0.3, -0.25) is 9.59 Å². The number of carbonyl (C=O) groups excluding carboxylic acids is 2. The highest BCUT2D eigenvalue weighted by Crippen LogP contribution is 2.34. The van der Waals surface area contributed by atoms with E-state index in [1.807, 2.05) is 0 Å². The van der Waals surface area contributed by atoms with Gasteiger partial charge in [0, 0.05) is 36.8 Å². The largest absolute Gasteiger partial charge is 0.493 e. The minimum atomic E-state index is -0.559. The molecule has 0 bridgehead atoms. The molecule has 9 nitrogen and oxygen atoms in total. The summed E-state index contributed by atoms with van der Waals surface area (Å²) in [5, 5.41) is 3.43. The molecule has 1 heterocycles. The molecule has 0 unspecified atom stereocenters. The molecule has 2 aromatic carbocycles. The van der Waals surface area contributed by atoms with Crippen molar-refractivity contribution in [2.24, 2.45) is 0 Å². The van der Waals surface area contributed by atoms with E-state index >= 15 is 0 Å². The molecule has 1 aromatic heterocycles. The van der Waals surface area contributed by atoms with Crippen LogP contribution in [-0.4, -0.2) is 49.0 Å². The van der Waals surface area contributed by atoms with Crippen LogP contribution in [0.2, 0.25) is 0 Å². The lowest BCUT2D eigenvalue weighted by molar-refractivity contribution is -0.116. The number of rotatable bonds is 9. The number of benzene rings is 2. The van der Waals surface area contributed by atoms with Crippen LogP contribution in [0.3, 0.4) is 0 Å². The summed E-state index contributed by atoms with van der Waals surface area (Å²) in [6.45, 7) is 0.727. The Morgan fingerprint density at radius 1 is 0.971 bits per heavy atom. The third-order valence-corrected chi connectivity index (χ3v) is 4.79. The molecule has 0 aliphatic heterocycles. The van der Waals surface area contributed by atoms with E-state index in [-0.39, 0.29) is 17.2 Å². The monoisotopic (exact) mass is 465 g/mol. The molecule has 34 heavy (non-hydrogen) atoms. The summed E-state index contributed by atoms with van der Waals surface area (Å²) in [7, 11) is 3.07. The number of ketones is 2. The van der Waals surface area contributed by atoms with Gasteiger partial charge >= 0.3 is 0 Å². The second-order valence-electron chi connectivity index (χ2n) is 7.06. The molecule has 10 heteroatoms. The average Bonchev–Trinajstić information content (AvgIpc) is 2.82. The number of methoxy groups -OCH3 is 2. The number of hydrogen-bond donors (Lipinski definition) is 1. The number of nitrogens with zero attached hydrogens (tertiary/aromatic N) is 2. The lowest BCUT2D eigenvalue weighted by Gasteiger charge is -2.16. The lowest BCUT2D eigenvalue weighted by Crippen LogP contribution is -2.21. The minimum Gasteiger partial charge on any atom is -0.493 e. The van der Waals surface area contributed by atoms with Crippen molar-refractivity contribution >= 4 is 28.3 Å². The number of hydrogen-bond acceptors (Lipinski definition) is 9. The van der Waals surface area contributed by atoms with Crippen molar-refractivity contribution in [1.29, 1.82) is 0 Å². The fraction of sp³-hybridized carbons (Fsp3) is 0.167. The van der Waals surface area contributed by atoms with E-state index in [4.69, 9.17) is 18.9 Å². The van der Waals surface area contributed by atoms with Gasteiger partial charge in [0.15, 0.2) is 17.3 Å². The highest BCUT2D eigenvalue weighted by atomic mass is 19.1. The van der Waals surface area contributed by atoms with Crippen LogP contribution in [0.15, 0.2) is 66.3 Å². The molecular weight excluding hydrogens is 445 g/mol. The number of aromatic nitrogens is 2. The van der Waals surface area contributed by atoms with Gasteiger partial charge < -0.3 is 24.3 Å². The Bertz CT molecular complexity index is 1320. The van der Waals surface area contributed by atoms with Gasteiger partial charge in [-0.1, -0.05) is 6.07 Å². The first-order valence-electron chi connectivity index (χ1n) is 10.2. The predicted molar refractivity (Wildman–Crippen MR) is 120 cm³/mol. The predicted octanol–water partition coefficient (Wildman–Crippen LogP) is 3.21. The minimum absolute atomic E-state index is 0.00372. The Morgan fingerprint density at radius 3 is 2.59 bits per heavy atom. The first kappa shape index (κ1) is 22.9. The maximum Gasteiger partial charge on any atom is 0.223 e. The average molecular weight is 465 g/mol. The van der Waals surface area contributed by atoms with Crippen molar-refractivity contribution in [2.45, 2.75) is 0 Å². The zero-order valence-electron chi connectivity index (χ0n) is 18.3. The van der Waals surface area contributed by atoms with E-state index in [0.29, 0.717) is 41.4 Å². The van der Waals surface area contributed by atoms with Gasteiger partial charge in [-0.05, 0) is 18.2 Å². The van der Waals surface area contributed by atoms with E-state index < -0.39 is 17.4 Å². The van der Waals surface area contributed by atoms with Crippen LogP contribution < -0.4 is 19.5 Å². The fourth-order valence-corrected chi connectivity index (χ4v) is 3.17. The van der Waals surface area contributed by atoms with E-state index in [0.717, 1.165) is 18.2 Å². The van der Waals surface area contributed by atoms with Crippen LogP contribution >= 0.6 is 0 Å². The number of allylic oxidation sites excluding steroid dienone is 2. The smallest absolute Gasteiger partial charge is 0.223 e. The van der Waals surface area contributed by atoms with Crippen LogP contribution in [-0.2, 0) is 14.3 Å². The van der Waals surface area contributed by atoms with Crippen LogP contribution in [0, 0.1) is 5.82 Å². The van der Waals surface area contributed by atoms with Crippen LogP contribution in [0.5, 0.6) is 17.2 Å². The molecule has 1 aliphatic carbocycles. The first-order chi connectivity index (χ1) is 16.5. The van der Waals surface area contributed by atoms with Crippen molar-refractivity contribution in [3.05, 3.63) is 72.2 Å². The summed E-state index contributed by atoms with van der Waals surface area (Å²) in [4.78, 5) is 33.6. The normalized spacial score (nSPS) is 13.4. The molecule has 0 spiro atoms. The molecule has 1 N–H and O–H groups in total. The molecule has 4 rings (SSSR count). The molecule has 0 amide bonds. The van der Waals surface area contributed by atoms with Crippen molar-refractivity contribution in [1.82, 2.24) is 9.97 Å². The van der Waals surface area contributed by atoms with Gasteiger partial charge in [0.1, 0.15) is 30.3 Å². The van der Waals surface area contributed by atoms with Gasteiger partial charge in [-0.15, -0.1) is 0 Å². The van der Waals surface area contributed by atoms with Gasteiger partial charge in [-0.25, -0.2) is 14.4 Å². The summed E-state index contributed by atoms with van der Waals surface area (Å²) in [5.41, 5.74) is 0.530. The maximum atomic E-state index is 13.4. The van der Waals surface area contributed by atoms with E-state index in [1.165, 1.54) is 31.6 Å². The number of carbonyl (C=O) groups is 2. The zero-order chi connectivity index (χ0) is 24.1. The second-order valence-corrected chi connectivity index (χ2v) is 7.06. The number of nitrogens with one attached hydrogen (secondary N) is 1. The van der Waals surface area contributed by atoms with Crippen molar-refractivity contribution in [2.75, 3.05) is 32.8 Å². The van der Waals surface area contributed by atoms with E-state index in [1.54, 1.807) is 19.2 Å². The fourth-order valence-electron chi connectivity index (χ4n) is 3.17. The Hall–Kier alpha value is -4.31. The molecular formula is C24H20FN3O6. The molecule has 0 atom stereocenters. The molecule has 0 radical (unpaired) electrons. The summed E-state index contributed by atoms with van der Waals surface area (Å²) in [6, 6.07) is 8.63. The zero-order valence-corrected chi connectivity index (χ0v) is 18.3. The highest BCUT2D eigenvalue weighted by molar-refractivity contribution is 6.20. The topological polar surface area (TPSA) is 109 Å². The van der Waals surface area contributed by atoms with Gasteiger partial charge in [-0.2, -0.15) is 0 Å². The SMILES string of the molecule is COCCOc1cc2ncnc(NC3=CC(=O)C(Oc4cccc(F)c4)=CC3=O)c2cc1OC. The summed E-state index contributed by atoms with van der Waals surface area (Å²) in [6.07, 6.45) is 3.46. The van der Waals surface area contributed by atoms with Gasteiger partial charge in [0.2, 0.25) is 11.6 Å². The Labute approximate surface area is 193 Å². The molecule has 0 saturated heterocycles. The molecule has 1 aliphatic rings. The van der Waals surface area contributed by atoms with Crippen molar-refractivity contribution in [3.63, 3.8) is 0 Å². The summed E-state index contributed by atoms with van der Waals surface area (Å²) in [5.74, 6) is -0.497. The van der Waals surface area contributed by atoms with Crippen molar-refractivity contribution < 1.29 is 32.9 Å². The number of fused-ring (bicyclic) bond motifs is 1. The molecule has 3 aromatic rings. The second kappa shape index (κ2) is 10.1. The maximum absolute atomic E-state index is 13.4. The van der Waals surface area contributed by atoms with Crippen LogP contribution in [0.25, 0.3) is 10.9 Å². The third kappa shape index (κ3) is 5.02. The number of anilines is 1. The Kier molecular flexibility index (Phi) is 6.79. The molecule has 0 fully saturated rings. The first-order valence-corrected chi connectivity index (χ1v) is 10.2. The number of halogens is 1. The highest BCUT2D eigenvalue weighted by Gasteiger charge is 2.23. The molecule has 174 valence electrons. The van der Waals surface area contributed by atoms with Gasteiger partial charge in [0.25, 0.3) is 0 Å². The number of ether oxygens (including phenoxy) is 4. The quantitative estimate of drug-likeness (QED) is 0.376.